The minimum atomic E-state index is -3.86. The van der Waals surface area contributed by atoms with Gasteiger partial charge in [0.15, 0.2) is 11.5 Å². The number of hydrogen-bond donors (Lipinski definition) is 2. The molecule has 0 aliphatic carbocycles. The first-order valence-electron chi connectivity index (χ1n) is 10.7. The number of carbonyl (C=O) groups is 1. The van der Waals surface area contributed by atoms with E-state index < -0.39 is 10.0 Å². The third kappa shape index (κ3) is 4.65. The second-order valence-electron chi connectivity index (χ2n) is 7.71. The van der Waals surface area contributed by atoms with E-state index in [4.69, 9.17) is 9.47 Å². The van der Waals surface area contributed by atoms with Crippen molar-refractivity contribution in [1.29, 1.82) is 0 Å². The number of amides is 1. The average molecular weight is 476 g/mol. The molecule has 0 unspecified atom stereocenters. The van der Waals surface area contributed by atoms with Gasteiger partial charge in [-0.25, -0.2) is 8.42 Å². The SMILES string of the molecule is O=C(Nc1cnc2ccccc2c1)c1ccc(NS(=O)(=O)c2ccc3c(c2)OCCCO3)cc1. The van der Waals surface area contributed by atoms with Gasteiger partial charge in [0, 0.05) is 29.1 Å². The maximum absolute atomic E-state index is 12.8. The first-order valence-corrected chi connectivity index (χ1v) is 12.1. The lowest BCUT2D eigenvalue weighted by Crippen LogP contribution is -2.14. The molecule has 2 heterocycles. The van der Waals surface area contributed by atoms with Crippen molar-refractivity contribution in [2.75, 3.05) is 23.3 Å². The molecule has 0 saturated carbocycles. The van der Waals surface area contributed by atoms with Gasteiger partial charge >= 0.3 is 0 Å². The van der Waals surface area contributed by atoms with Crippen molar-refractivity contribution >= 4 is 38.2 Å². The largest absolute Gasteiger partial charge is 0.490 e. The summed E-state index contributed by atoms with van der Waals surface area (Å²) in [4.78, 5) is 17.0. The number of nitrogens with one attached hydrogen (secondary N) is 2. The molecule has 0 radical (unpaired) electrons. The van der Waals surface area contributed by atoms with Crippen LogP contribution in [-0.2, 0) is 10.0 Å². The maximum atomic E-state index is 12.8. The predicted molar refractivity (Wildman–Crippen MR) is 129 cm³/mol. The summed E-state index contributed by atoms with van der Waals surface area (Å²) in [6, 6.07) is 20.1. The number of ether oxygens (including phenoxy) is 2. The smallest absolute Gasteiger partial charge is 0.262 e. The number of pyridine rings is 1. The van der Waals surface area contributed by atoms with Crippen LogP contribution < -0.4 is 19.5 Å². The maximum Gasteiger partial charge on any atom is 0.262 e. The monoisotopic (exact) mass is 475 g/mol. The first-order chi connectivity index (χ1) is 16.5. The zero-order valence-corrected chi connectivity index (χ0v) is 18.8. The highest BCUT2D eigenvalue weighted by molar-refractivity contribution is 7.92. The van der Waals surface area contributed by atoms with Crippen LogP contribution in [0.25, 0.3) is 10.9 Å². The van der Waals surface area contributed by atoms with Crippen molar-refractivity contribution in [3.05, 3.63) is 84.6 Å². The summed E-state index contributed by atoms with van der Waals surface area (Å²) in [7, 11) is -3.86. The third-order valence-electron chi connectivity index (χ3n) is 5.28. The number of carbonyl (C=O) groups excluding carboxylic acids is 1. The Hall–Kier alpha value is -4.11. The van der Waals surface area contributed by atoms with Gasteiger partial charge in [0.25, 0.3) is 15.9 Å². The summed E-state index contributed by atoms with van der Waals surface area (Å²) >= 11 is 0. The molecular weight excluding hydrogens is 454 g/mol. The molecule has 34 heavy (non-hydrogen) atoms. The molecule has 5 rings (SSSR count). The Morgan fingerprint density at radius 1 is 0.853 bits per heavy atom. The van der Waals surface area contributed by atoms with Crippen LogP contribution in [-0.4, -0.2) is 32.5 Å². The Labute approximate surface area is 196 Å². The van der Waals surface area contributed by atoms with Crippen LogP contribution in [0.2, 0.25) is 0 Å². The van der Waals surface area contributed by atoms with Gasteiger partial charge in [0.1, 0.15) is 0 Å². The number of hydrogen-bond acceptors (Lipinski definition) is 6. The molecule has 2 N–H and O–H groups in total. The number of sulfonamides is 1. The Morgan fingerprint density at radius 3 is 2.44 bits per heavy atom. The molecule has 0 saturated heterocycles. The van der Waals surface area contributed by atoms with Crippen LogP contribution in [0.4, 0.5) is 11.4 Å². The van der Waals surface area contributed by atoms with Crippen LogP contribution in [0.15, 0.2) is 83.9 Å². The molecule has 0 spiro atoms. The van der Waals surface area contributed by atoms with E-state index in [1.807, 2.05) is 30.3 Å². The molecule has 0 fully saturated rings. The van der Waals surface area contributed by atoms with Crippen molar-refractivity contribution in [3.63, 3.8) is 0 Å². The number of fused-ring (bicyclic) bond motifs is 2. The molecule has 1 amide bonds. The van der Waals surface area contributed by atoms with Gasteiger partial charge in [-0.15, -0.1) is 0 Å². The lowest BCUT2D eigenvalue weighted by atomic mass is 10.2. The summed E-state index contributed by atoms with van der Waals surface area (Å²) in [6.07, 6.45) is 2.32. The number of aromatic nitrogens is 1. The van der Waals surface area contributed by atoms with E-state index in [1.165, 1.54) is 24.3 Å². The van der Waals surface area contributed by atoms with E-state index in [-0.39, 0.29) is 10.8 Å². The van der Waals surface area contributed by atoms with Gasteiger partial charge < -0.3 is 14.8 Å². The topological polar surface area (TPSA) is 107 Å². The number of rotatable bonds is 5. The van der Waals surface area contributed by atoms with Gasteiger partial charge in [0.05, 0.1) is 35.5 Å². The molecule has 8 nitrogen and oxygen atoms in total. The molecule has 9 heteroatoms. The molecule has 3 aromatic carbocycles. The van der Waals surface area contributed by atoms with Gasteiger partial charge in [-0.1, -0.05) is 18.2 Å². The minimum Gasteiger partial charge on any atom is -0.490 e. The van der Waals surface area contributed by atoms with Crippen molar-refractivity contribution in [3.8, 4) is 11.5 Å². The van der Waals surface area contributed by atoms with Crippen LogP contribution in [0.3, 0.4) is 0 Å². The average Bonchev–Trinajstić information content (AvgIpc) is 3.09. The third-order valence-corrected chi connectivity index (χ3v) is 6.66. The summed E-state index contributed by atoms with van der Waals surface area (Å²) < 4.78 is 39.4. The fourth-order valence-corrected chi connectivity index (χ4v) is 4.63. The molecule has 1 aromatic heterocycles. The van der Waals surface area contributed by atoms with Crippen LogP contribution >= 0.6 is 0 Å². The van der Waals surface area contributed by atoms with Crippen molar-refractivity contribution in [1.82, 2.24) is 4.98 Å². The van der Waals surface area contributed by atoms with E-state index in [9.17, 15) is 13.2 Å². The van der Waals surface area contributed by atoms with E-state index in [0.29, 0.717) is 41.7 Å². The standard InChI is InChI=1S/C25H21N3O5S/c29-25(27-20-14-18-4-1-2-5-22(18)26-16-20)17-6-8-19(9-7-17)28-34(30,31)21-10-11-23-24(15-21)33-13-3-12-32-23/h1-2,4-11,14-16,28H,3,12-13H2,(H,27,29). The molecule has 1 aliphatic rings. The van der Waals surface area contributed by atoms with Crippen molar-refractivity contribution in [2.45, 2.75) is 11.3 Å². The van der Waals surface area contributed by atoms with E-state index in [0.717, 1.165) is 17.3 Å². The zero-order chi connectivity index (χ0) is 23.5. The normalized spacial score (nSPS) is 13.2. The highest BCUT2D eigenvalue weighted by Crippen LogP contribution is 2.32. The second kappa shape index (κ2) is 9.03. The van der Waals surface area contributed by atoms with Gasteiger partial charge in [-0.3, -0.25) is 14.5 Å². The molecule has 4 aromatic rings. The summed E-state index contributed by atoms with van der Waals surface area (Å²) in [5.74, 6) is 0.596. The fraction of sp³-hybridized carbons (Fsp3) is 0.120. The zero-order valence-electron chi connectivity index (χ0n) is 18.0. The second-order valence-corrected chi connectivity index (χ2v) is 9.40. The van der Waals surface area contributed by atoms with Gasteiger partial charge in [0.2, 0.25) is 0 Å². The first kappa shape index (κ1) is 21.7. The van der Waals surface area contributed by atoms with Gasteiger partial charge in [-0.05, 0) is 48.5 Å². The number of anilines is 2. The summed E-state index contributed by atoms with van der Waals surface area (Å²) in [5.41, 5.74) is 2.12. The predicted octanol–water partition coefficient (Wildman–Crippen LogP) is 4.45. The molecular formula is C25H21N3O5S. The Kier molecular flexibility index (Phi) is 5.77. The Morgan fingerprint density at radius 2 is 1.62 bits per heavy atom. The van der Waals surface area contributed by atoms with E-state index >= 15 is 0 Å². The highest BCUT2D eigenvalue weighted by atomic mass is 32.2. The number of benzene rings is 3. The highest BCUT2D eigenvalue weighted by Gasteiger charge is 2.19. The molecule has 0 atom stereocenters. The quantitative estimate of drug-likeness (QED) is 0.442. The van der Waals surface area contributed by atoms with Crippen LogP contribution in [0.1, 0.15) is 16.8 Å². The lowest BCUT2D eigenvalue weighted by molar-refractivity contribution is 0.102. The molecule has 172 valence electrons. The van der Waals surface area contributed by atoms with Gasteiger partial charge in [-0.2, -0.15) is 0 Å². The van der Waals surface area contributed by atoms with Crippen molar-refractivity contribution < 1.29 is 22.7 Å². The minimum absolute atomic E-state index is 0.0578. The lowest BCUT2D eigenvalue weighted by Gasteiger charge is -2.12. The van der Waals surface area contributed by atoms with Crippen LogP contribution in [0, 0.1) is 0 Å². The fourth-order valence-electron chi connectivity index (χ4n) is 3.56. The molecule has 0 bridgehead atoms. The van der Waals surface area contributed by atoms with Crippen LogP contribution in [0.5, 0.6) is 11.5 Å². The Balaban J connectivity index is 1.28. The van der Waals surface area contributed by atoms with E-state index in [1.54, 1.807) is 24.4 Å². The summed E-state index contributed by atoms with van der Waals surface area (Å²) in [6.45, 7) is 0.984. The number of nitrogens with zero attached hydrogens (tertiary/aromatic N) is 1. The summed E-state index contributed by atoms with van der Waals surface area (Å²) in [5, 5.41) is 3.73. The molecule has 1 aliphatic heterocycles. The Bertz CT molecular complexity index is 1470. The number of para-hydroxylation sites is 1. The van der Waals surface area contributed by atoms with Crippen molar-refractivity contribution in [2.24, 2.45) is 0 Å². The van der Waals surface area contributed by atoms with E-state index in [2.05, 4.69) is 15.0 Å².